The number of carbonyl (C=O) groups is 1. The lowest BCUT2D eigenvalue weighted by atomic mass is 10.2. The number of halogens is 1. The summed E-state index contributed by atoms with van der Waals surface area (Å²) in [6.45, 7) is 2.22. The van der Waals surface area contributed by atoms with Crippen molar-refractivity contribution in [3.05, 3.63) is 70.6 Å². The van der Waals surface area contributed by atoms with Gasteiger partial charge in [-0.2, -0.15) is 5.26 Å². The van der Waals surface area contributed by atoms with Crippen molar-refractivity contribution >= 4 is 23.2 Å². The van der Waals surface area contributed by atoms with Gasteiger partial charge in [0.25, 0.3) is 5.91 Å². The van der Waals surface area contributed by atoms with E-state index in [1.165, 1.54) is 6.20 Å². The Morgan fingerprint density at radius 1 is 1.35 bits per heavy atom. The molecule has 0 bridgehead atoms. The van der Waals surface area contributed by atoms with Gasteiger partial charge in [0, 0.05) is 23.1 Å². The lowest BCUT2D eigenvalue weighted by Gasteiger charge is -2.09. The first-order valence-electron chi connectivity index (χ1n) is 6.92. The van der Waals surface area contributed by atoms with Crippen molar-refractivity contribution in [3.63, 3.8) is 0 Å². The van der Waals surface area contributed by atoms with Crippen molar-refractivity contribution in [2.24, 2.45) is 0 Å². The van der Waals surface area contributed by atoms with Crippen LogP contribution in [0.4, 0.5) is 5.69 Å². The van der Waals surface area contributed by atoms with E-state index in [2.05, 4.69) is 15.6 Å². The maximum Gasteiger partial charge on any atom is 0.267 e. The van der Waals surface area contributed by atoms with Crippen LogP contribution in [0.5, 0.6) is 0 Å². The molecule has 6 heteroatoms. The zero-order chi connectivity index (χ0) is 16.7. The average molecular weight is 327 g/mol. The molecule has 0 spiro atoms. The Morgan fingerprint density at radius 3 is 2.87 bits per heavy atom. The number of hydrogen-bond acceptors (Lipinski definition) is 4. The summed E-state index contributed by atoms with van der Waals surface area (Å²) in [6, 6.07) is 12.6. The Kier molecular flexibility index (Phi) is 5.73. The van der Waals surface area contributed by atoms with Crippen LogP contribution in [0, 0.1) is 18.3 Å². The topological polar surface area (TPSA) is 77.8 Å². The minimum Gasteiger partial charge on any atom is -0.384 e. The highest BCUT2D eigenvalue weighted by Gasteiger charge is 2.11. The summed E-state index contributed by atoms with van der Waals surface area (Å²) in [6.07, 6.45) is 3.06. The molecule has 23 heavy (non-hydrogen) atoms. The van der Waals surface area contributed by atoms with Crippen LogP contribution in [-0.4, -0.2) is 10.9 Å². The fraction of sp³-hybridized carbons (Fsp3) is 0.118. The highest BCUT2D eigenvalue weighted by atomic mass is 35.5. The van der Waals surface area contributed by atoms with E-state index in [0.29, 0.717) is 17.3 Å². The Morgan fingerprint density at radius 2 is 2.17 bits per heavy atom. The standard InChI is InChI=1S/C17H15ClN4O/c1-12-15(18)6-4-7-16(12)22-17(23)13(9-19)10-20-11-14-5-2-3-8-21-14/h2-8,10,20H,11H2,1H3,(H,22,23)/b13-10-. The normalized spacial score (nSPS) is 10.7. The molecule has 0 aliphatic heterocycles. The van der Waals surface area contributed by atoms with E-state index in [-0.39, 0.29) is 5.57 Å². The number of rotatable bonds is 5. The molecule has 0 fully saturated rings. The first-order chi connectivity index (χ1) is 11.1. The molecule has 2 aromatic rings. The molecule has 116 valence electrons. The van der Waals surface area contributed by atoms with Gasteiger partial charge in [-0.3, -0.25) is 9.78 Å². The molecule has 0 saturated carbocycles. The van der Waals surface area contributed by atoms with Gasteiger partial charge in [0.15, 0.2) is 0 Å². The van der Waals surface area contributed by atoms with Crippen molar-refractivity contribution in [2.75, 3.05) is 5.32 Å². The number of aromatic nitrogens is 1. The lowest BCUT2D eigenvalue weighted by molar-refractivity contribution is -0.112. The Bertz CT molecular complexity index is 766. The lowest BCUT2D eigenvalue weighted by Crippen LogP contribution is -2.17. The van der Waals surface area contributed by atoms with Crippen molar-refractivity contribution in [2.45, 2.75) is 13.5 Å². The summed E-state index contributed by atoms with van der Waals surface area (Å²) in [5.74, 6) is -0.494. The second kappa shape index (κ2) is 7.97. The third-order valence-corrected chi connectivity index (χ3v) is 3.55. The number of carbonyl (C=O) groups excluding carboxylic acids is 1. The van der Waals surface area contributed by atoms with E-state index in [0.717, 1.165) is 11.3 Å². The smallest absolute Gasteiger partial charge is 0.267 e. The molecule has 0 aliphatic rings. The summed E-state index contributed by atoms with van der Waals surface area (Å²) >= 11 is 6.01. The monoisotopic (exact) mass is 326 g/mol. The minimum absolute atomic E-state index is 0.0275. The van der Waals surface area contributed by atoms with Gasteiger partial charge < -0.3 is 10.6 Å². The van der Waals surface area contributed by atoms with E-state index in [1.54, 1.807) is 31.3 Å². The maximum atomic E-state index is 12.1. The second-order valence-electron chi connectivity index (χ2n) is 4.74. The second-order valence-corrected chi connectivity index (χ2v) is 5.15. The number of nitrogens with one attached hydrogen (secondary N) is 2. The number of anilines is 1. The fourth-order valence-electron chi connectivity index (χ4n) is 1.84. The van der Waals surface area contributed by atoms with Crippen LogP contribution < -0.4 is 10.6 Å². The Balaban J connectivity index is 2.02. The molecular formula is C17H15ClN4O. The molecule has 1 aromatic heterocycles. The van der Waals surface area contributed by atoms with Crippen molar-refractivity contribution < 1.29 is 4.79 Å². The zero-order valence-electron chi connectivity index (χ0n) is 12.5. The summed E-state index contributed by atoms with van der Waals surface area (Å²) < 4.78 is 0. The van der Waals surface area contributed by atoms with Crippen LogP contribution in [0.3, 0.4) is 0 Å². The Labute approximate surface area is 139 Å². The van der Waals surface area contributed by atoms with Gasteiger partial charge in [0.2, 0.25) is 0 Å². The molecule has 0 radical (unpaired) electrons. The quantitative estimate of drug-likeness (QED) is 0.653. The molecule has 0 saturated heterocycles. The molecule has 1 heterocycles. The van der Waals surface area contributed by atoms with Gasteiger partial charge in [-0.15, -0.1) is 0 Å². The maximum absolute atomic E-state index is 12.1. The SMILES string of the molecule is Cc1c(Cl)cccc1NC(=O)/C(C#N)=C\NCc1ccccn1. The van der Waals surface area contributed by atoms with Gasteiger partial charge in [-0.1, -0.05) is 23.7 Å². The van der Waals surface area contributed by atoms with Crippen LogP contribution in [0.25, 0.3) is 0 Å². The average Bonchev–Trinajstić information content (AvgIpc) is 2.56. The van der Waals surface area contributed by atoms with Gasteiger partial charge in [0.1, 0.15) is 11.6 Å². The summed E-state index contributed by atoms with van der Waals surface area (Å²) in [7, 11) is 0. The molecule has 5 nitrogen and oxygen atoms in total. The molecular weight excluding hydrogens is 312 g/mol. The largest absolute Gasteiger partial charge is 0.384 e. The summed E-state index contributed by atoms with van der Waals surface area (Å²) in [4.78, 5) is 16.3. The first-order valence-corrected chi connectivity index (χ1v) is 7.29. The summed E-state index contributed by atoms with van der Waals surface area (Å²) in [5.41, 5.74) is 2.11. The first kappa shape index (κ1) is 16.5. The Hall–Kier alpha value is -2.84. The number of nitrogens with zero attached hydrogens (tertiary/aromatic N) is 2. The van der Waals surface area contributed by atoms with Gasteiger partial charge in [-0.05, 0) is 36.8 Å². The van der Waals surface area contributed by atoms with Crippen molar-refractivity contribution in [1.29, 1.82) is 5.26 Å². The highest BCUT2D eigenvalue weighted by Crippen LogP contribution is 2.23. The molecule has 0 aliphatic carbocycles. The molecule has 2 rings (SSSR count). The number of nitriles is 1. The van der Waals surface area contributed by atoms with Crippen LogP contribution >= 0.6 is 11.6 Å². The third kappa shape index (κ3) is 4.56. The third-order valence-electron chi connectivity index (χ3n) is 3.14. The molecule has 1 aromatic carbocycles. The van der Waals surface area contributed by atoms with Crippen LogP contribution in [0.2, 0.25) is 5.02 Å². The highest BCUT2D eigenvalue weighted by molar-refractivity contribution is 6.31. The molecule has 2 N–H and O–H groups in total. The van der Waals surface area contributed by atoms with Gasteiger partial charge in [0.05, 0.1) is 12.2 Å². The number of pyridine rings is 1. The fourth-order valence-corrected chi connectivity index (χ4v) is 2.02. The molecule has 1 amide bonds. The van der Waals surface area contributed by atoms with Crippen LogP contribution in [0.15, 0.2) is 54.4 Å². The van der Waals surface area contributed by atoms with Crippen molar-refractivity contribution in [1.82, 2.24) is 10.3 Å². The predicted molar refractivity (Wildman–Crippen MR) is 89.6 cm³/mol. The van der Waals surface area contributed by atoms with Gasteiger partial charge in [-0.25, -0.2) is 0 Å². The summed E-state index contributed by atoms with van der Waals surface area (Å²) in [5, 5.41) is 15.3. The number of hydrogen-bond donors (Lipinski definition) is 2. The minimum atomic E-state index is -0.494. The van der Waals surface area contributed by atoms with Crippen molar-refractivity contribution in [3.8, 4) is 6.07 Å². The molecule has 0 unspecified atom stereocenters. The number of benzene rings is 1. The molecule has 0 atom stereocenters. The zero-order valence-corrected chi connectivity index (χ0v) is 13.3. The van der Waals surface area contributed by atoms with Crippen LogP contribution in [-0.2, 0) is 11.3 Å². The number of amides is 1. The van der Waals surface area contributed by atoms with E-state index in [4.69, 9.17) is 16.9 Å². The van der Waals surface area contributed by atoms with Crippen LogP contribution in [0.1, 0.15) is 11.3 Å². The van der Waals surface area contributed by atoms with E-state index in [9.17, 15) is 4.79 Å². The van der Waals surface area contributed by atoms with Gasteiger partial charge >= 0.3 is 0 Å². The van der Waals surface area contributed by atoms with E-state index in [1.807, 2.05) is 24.3 Å². The predicted octanol–water partition coefficient (Wildman–Crippen LogP) is 3.18. The van der Waals surface area contributed by atoms with E-state index >= 15 is 0 Å². The van der Waals surface area contributed by atoms with E-state index < -0.39 is 5.91 Å².